The number of aromatic nitrogens is 1. The Hall–Kier alpha value is -3.99. The largest absolute Gasteiger partial charge is 0.420 e. The van der Waals surface area contributed by atoms with Crippen LogP contribution >= 0.6 is 0 Å². The first-order valence-electron chi connectivity index (χ1n) is 9.68. The maximum absolute atomic E-state index is 13.4. The fourth-order valence-corrected chi connectivity index (χ4v) is 3.34. The molecule has 4 rings (SSSR count). The number of anilines is 1. The molecule has 0 bridgehead atoms. The molecule has 1 aliphatic rings. The van der Waals surface area contributed by atoms with Gasteiger partial charge in [0, 0.05) is 37.8 Å². The molecule has 1 saturated heterocycles. The number of hydrogen-bond donors (Lipinski definition) is 0. The number of nitriles is 1. The van der Waals surface area contributed by atoms with Crippen LogP contribution in [0.1, 0.15) is 27.5 Å². The molecule has 0 aliphatic carbocycles. The SMILES string of the molecule is N#Cc1nc(/C=C/c2ccc(F)cc2)oc1N1CCN(C(=O)c2cccc(F)c2)CC1. The lowest BCUT2D eigenvalue weighted by molar-refractivity contribution is 0.0745. The van der Waals surface area contributed by atoms with Gasteiger partial charge in [0.1, 0.15) is 17.7 Å². The third-order valence-electron chi connectivity index (χ3n) is 4.95. The second-order valence-electron chi connectivity index (χ2n) is 6.99. The normalized spacial score (nSPS) is 14.1. The molecule has 1 fully saturated rings. The number of benzene rings is 2. The van der Waals surface area contributed by atoms with Crippen LogP contribution in [0.5, 0.6) is 0 Å². The average Bonchev–Trinajstić information content (AvgIpc) is 3.22. The van der Waals surface area contributed by atoms with Crippen molar-refractivity contribution < 1.29 is 18.0 Å². The van der Waals surface area contributed by atoms with Crippen LogP contribution in [0.3, 0.4) is 0 Å². The molecule has 156 valence electrons. The zero-order valence-corrected chi connectivity index (χ0v) is 16.5. The van der Waals surface area contributed by atoms with Crippen molar-refractivity contribution in [2.75, 3.05) is 31.1 Å². The van der Waals surface area contributed by atoms with Gasteiger partial charge in [-0.2, -0.15) is 10.2 Å². The summed E-state index contributed by atoms with van der Waals surface area (Å²) in [5.41, 5.74) is 1.23. The summed E-state index contributed by atoms with van der Waals surface area (Å²) < 4.78 is 32.2. The molecular weight excluding hydrogens is 402 g/mol. The van der Waals surface area contributed by atoms with E-state index in [0.29, 0.717) is 37.6 Å². The molecule has 0 radical (unpaired) electrons. The predicted molar refractivity (Wildman–Crippen MR) is 111 cm³/mol. The van der Waals surface area contributed by atoms with Gasteiger partial charge in [-0.15, -0.1) is 0 Å². The first kappa shape index (κ1) is 20.3. The Morgan fingerprint density at radius 3 is 2.45 bits per heavy atom. The first-order valence-corrected chi connectivity index (χ1v) is 9.68. The third-order valence-corrected chi connectivity index (χ3v) is 4.95. The topological polar surface area (TPSA) is 73.4 Å². The molecule has 0 atom stereocenters. The molecule has 2 heterocycles. The van der Waals surface area contributed by atoms with Crippen molar-refractivity contribution in [1.29, 1.82) is 5.26 Å². The Bertz CT molecular complexity index is 1160. The van der Waals surface area contributed by atoms with Crippen LogP contribution in [-0.2, 0) is 0 Å². The van der Waals surface area contributed by atoms with Crippen LogP contribution < -0.4 is 4.90 Å². The highest BCUT2D eigenvalue weighted by Crippen LogP contribution is 2.24. The van der Waals surface area contributed by atoms with Crippen molar-refractivity contribution in [3.05, 3.63) is 82.9 Å². The Kier molecular flexibility index (Phi) is 5.76. The van der Waals surface area contributed by atoms with Crippen LogP contribution in [0.4, 0.5) is 14.7 Å². The number of oxazole rings is 1. The van der Waals surface area contributed by atoms with Gasteiger partial charge in [0.15, 0.2) is 0 Å². The van der Waals surface area contributed by atoms with E-state index in [1.54, 1.807) is 35.3 Å². The van der Waals surface area contributed by atoms with Gasteiger partial charge in [0.25, 0.3) is 5.91 Å². The van der Waals surface area contributed by atoms with E-state index in [0.717, 1.165) is 5.56 Å². The highest BCUT2D eigenvalue weighted by Gasteiger charge is 2.26. The summed E-state index contributed by atoms with van der Waals surface area (Å²) in [6, 6.07) is 13.6. The molecular formula is C23H18F2N4O2. The third kappa shape index (κ3) is 4.61. The van der Waals surface area contributed by atoms with Crippen molar-refractivity contribution in [3.8, 4) is 6.07 Å². The van der Waals surface area contributed by atoms with E-state index in [1.807, 2.05) is 11.0 Å². The van der Waals surface area contributed by atoms with Crippen molar-refractivity contribution in [2.45, 2.75) is 0 Å². The van der Waals surface area contributed by atoms with Crippen LogP contribution in [-0.4, -0.2) is 42.0 Å². The van der Waals surface area contributed by atoms with Crippen molar-refractivity contribution in [1.82, 2.24) is 9.88 Å². The van der Waals surface area contributed by atoms with E-state index in [-0.39, 0.29) is 23.3 Å². The highest BCUT2D eigenvalue weighted by molar-refractivity contribution is 5.94. The Labute approximate surface area is 177 Å². The van der Waals surface area contributed by atoms with Crippen LogP contribution in [0.2, 0.25) is 0 Å². The first-order chi connectivity index (χ1) is 15.0. The number of hydrogen-bond acceptors (Lipinski definition) is 5. The number of nitrogens with zero attached hydrogens (tertiary/aromatic N) is 4. The Morgan fingerprint density at radius 2 is 1.77 bits per heavy atom. The summed E-state index contributed by atoms with van der Waals surface area (Å²) in [4.78, 5) is 20.3. The van der Waals surface area contributed by atoms with Gasteiger partial charge in [-0.3, -0.25) is 4.79 Å². The van der Waals surface area contributed by atoms with Crippen LogP contribution in [0.25, 0.3) is 12.2 Å². The molecule has 0 unspecified atom stereocenters. The maximum Gasteiger partial charge on any atom is 0.254 e. The minimum absolute atomic E-state index is 0.156. The molecule has 2 aromatic carbocycles. The van der Waals surface area contributed by atoms with E-state index < -0.39 is 5.82 Å². The molecule has 0 spiro atoms. The number of carbonyl (C=O) groups is 1. The predicted octanol–water partition coefficient (Wildman–Crippen LogP) is 3.96. The maximum atomic E-state index is 13.4. The highest BCUT2D eigenvalue weighted by atomic mass is 19.1. The summed E-state index contributed by atoms with van der Waals surface area (Å²) in [5.74, 6) is -0.406. The van der Waals surface area contributed by atoms with Gasteiger partial charge in [-0.25, -0.2) is 8.78 Å². The zero-order valence-electron chi connectivity index (χ0n) is 16.5. The Morgan fingerprint density at radius 1 is 1.03 bits per heavy atom. The van der Waals surface area contributed by atoms with Crippen LogP contribution in [0.15, 0.2) is 52.9 Å². The van der Waals surface area contributed by atoms with Gasteiger partial charge < -0.3 is 14.2 Å². The van der Waals surface area contributed by atoms with E-state index >= 15 is 0 Å². The number of rotatable bonds is 4. The molecule has 1 amide bonds. The lowest BCUT2D eigenvalue weighted by atomic mass is 10.1. The van der Waals surface area contributed by atoms with E-state index in [4.69, 9.17) is 4.42 Å². The standard InChI is InChI=1S/C23H18F2N4O2/c24-18-7-4-16(5-8-18)6-9-21-27-20(15-26)23(31-21)29-12-10-28(11-13-29)22(30)17-2-1-3-19(25)14-17/h1-9,14H,10-13H2/b9-6+. The number of halogens is 2. The lowest BCUT2D eigenvalue weighted by Crippen LogP contribution is -2.48. The quantitative estimate of drug-likeness (QED) is 0.639. The van der Waals surface area contributed by atoms with Gasteiger partial charge in [-0.1, -0.05) is 18.2 Å². The summed E-state index contributed by atoms with van der Waals surface area (Å²) >= 11 is 0. The molecule has 31 heavy (non-hydrogen) atoms. The van der Waals surface area contributed by atoms with Crippen LogP contribution in [0, 0.1) is 23.0 Å². The van der Waals surface area contributed by atoms with Crippen molar-refractivity contribution >= 4 is 23.9 Å². The second-order valence-corrected chi connectivity index (χ2v) is 6.99. The summed E-state index contributed by atoms with van der Waals surface area (Å²) in [5, 5.41) is 9.43. The smallest absolute Gasteiger partial charge is 0.254 e. The number of carbonyl (C=O) groups excluding carboxylic acids is 1. The van der Waals surface area contributed by atoms with Gasteiger partial charge >= 0.3 is 0 Å². The van der Waals surface area contributed by atoms with Gasteiger partial charge in [0.2, 0.25) is 17.5 Å². The minimum Gasteiger partial charge on any atom is -0.420 e. The summed E-state index contributed by atoms with van der Waals surface area (Å²) in [6.45, 7) is 1.71. The fraction of sp³-hybridized carbons (Fsp3) is 0.174. The minimum atomic E-state index is -0.453. The van der Waals surface area contributed by atoms with E-state index in [9.17, 15) is 18.8 Å². The van der Waals surface area contributed by atoms with Crippen molar-refractivity contribution in [3.63, 3.8) is 0 Å². The summed E-state index contributed by atoms with van der Waals surface area (Å²) in [6.07, 6.45) is 3.33. The molecule has 3 aromatic rings. The molecule has 1 aliphatic heterocycles. The molecule has 0 saturated carbocycles. The molecule has 1 aromatic heterocycles. The lowest BCUT2D eigenvalue weighted by Gasteiger charge is -2.34. The molecule has 0 N–H and O–H groups in total. The fourth-order valence-electron chi connectivity index (χ4n) is 3.34. The van der Waals surface area contributed by atoms with E-state index in [2.05, 4.69) is 4.98 Å². The summed E-state index contributed by atoms with van der Waals surface area (Å²) in [7, 11) is 0. The molecule has 6 nitrogen and oxygen atoms in total. The molecule has 8 heteroatoms. The van der Waals surface area contributed by atoms with E-state index in [1.165, 1.54) is 30.3 Å². The Balaban J connectivity index is 1.44. The second kappa shape index (κ2) is 8.79. The zero-order chi connectivity index (χ0) is 21.8. The number of amides is 1. The van der Waals surface area contributed by atoms with Gasteiger partial charge in [-0.05, 0) is 42.0 Å². The monoisotopic (exact) mass is 420 g/mol. The number of piperazine rings is 1. The van der Waals surface area contributed by atoms with Crippen molar-refractivity contribution in [2.24, 2.45) is 0 Å². The van der Waals surface area contributed by atoms with Gasteiger partial charge in [0.05, 0.1) is 0 Å². The average molecular weight is 420 g/mol.